The molecular formula is C93H122O15. The summed E-state index contributed by atoms with van der Waals surface area (Å²) in [5.41, 5.74) is 9.28. The number of rotatable bonds is 59. The standard InChI is InChI=1S/C93H122O15/c1-4-7-28-67-100-84-58-52-81(53-59-84)78-46-37-75(38-47-78)43-64-90(96)103-70-31-22-16-10-13-19-25-34-88(94)106-73-87(108-93(99)36-27-21-15-12-18-24-33-72-105-92(98)66-45-77-41-50-80(51-42-77)83-56-62-86(63-57-83)102-69-30-9-6-3)74-107-89(95)35-26-20-14-11-17-23-32-71-104-91(97)65-44-76-39-48-79(49-40-76)82-54-60-85(61-55-82)101-68-29-8-5-2/h37-66,87H,4-36,67-74H2,1-3H3/b64-43+,65-44+,66-45+. The number of carbonyl (C=O) groups is 6. The van der Waals surface area contributed by atoms with Gasteiger partial charge in [0.15, 0.2) is 6.10 Å². The van der Waals surface area contributed by atoms with Gasteiger partial charge in [-0.05, 0) is 162 Å². The molecule has 0 aliphatic heterocycles. The fraction of sp³-hybridized carbons (Fsp3) is 0.484. The first-order valence-corrected chi connectivity index (χ1v) is 40.5. The summed E-state index contributed by atoms with van der Waals surface area (Å²) in [6.07, 6.45) is 37.9. The van der Waals surface area contributed by atoms with Gasteiger partial charge in [-0.3, -0.25) is 14.4 Å². The Morgan fingerprint density at radius 3 is 0.759 bits per heavy atom. The molecule has 584 valence electrons. The van der Waals surface area contributed by atoms with E-state index in [1.165, 1.54) is 18.2 Å². The van der Waals surface area contributed by atoms with Crippen LogP contribution in [0.1, 0.15) is 249 Å². The molecule has 15 heteroatoms. The molecule has 0 bridgehead atoms. The smallest absolute Gasteiger partial charge is 0.330 e. The van der Waals surface area contributed by atoms with E-state index in [0.29, 0.717) is 39.1 Å². The van der Waals surface area contributed by atoms with Gasteiger partial charge in [0.1, 0.15) is 30.5 Å². The molecule has 0 N–H and O–H groups in total. The summed E-state index contributed by atoms with van der Waals surface area (Å²) in [5.74, 6) is 0.283. The van der Waals surface area contributed by atoms with Crippen LogP contribution in [-0.2, 0) is 57.2 Å². The molecule has 0 fully saturated rings. The van der Waals surface area contributed by atoms with Crippen LogP contribution in [0.4, 0.5) is 0 Å². The van der Waals surface area contributed by atoms with E-state index in [4.69, 9.17) is 42.6 Å². The minimum Gasteiger partial charge on any atom is -0.494 e. The van der Waals surface area contributed by atoms with Crippen molar-refractivity contribution in [3.05, 3.63) is 181 Å². The van der Waals surface area contributed by atoms with Crippen LogP contribution in [0.2, 0.25) is 0 Å². The van der Waals surface area contributed by atoms with Crippen LogP contribution in [0.25, 0.3) is 51.6 Å². The fourth-order valence-corrected chi connectivity index (χ4v) is 12.0. The van der Waals surface area contributed by atoms with Gasteiger partial charge in [-0.1, -0.05) is 265 Å². The predicted molar refractivity (Wildman–Crippen MR) is 433 cm³/mol. The second kappa shape index (κ2) is 56.1. The second-order valence-electron chi connectivity index (χ2n) is 27.8. The zero-order chi connectivity index (χ0) is 76.5. The highest BCUT2D eigenvalue weighted by Crippen LogP contribution is 2.28. The van der Waals surface area contributed by atoms with Crippen molar-refractivity contribution in [2.45, 2.75) is 239 Å². The molecule has 6 rings (SSSR count). The lowest BCUT2D eigenvalue weighted by Crippen LogP contribution is -2.30. The highest BCUT2D eigenvalue weighted by molar-refractivity contribution is 5.88. The van der Waals surface area contributed by atoms with Crippen molar-refractivity contribution in [1.29, 1.82) is 0 Å². The molecule has 6 aromatic rings. The number of carbonyl (C=O) groups excluding carboxylic acids is 6. The van der Waals surface area contributed by atoms with Crippen molar-refractivity contribution in [2.24, 2.45) is 0 Å². The molecule has 0 unspecified atom stereocenters. The highest BCUT2D eigenvalue weighted by Gasteiger charge is 2.20. The molecule has 0 aromatic heterocycles. The Morgan fingerprint density at radius 2 is 0.491 bits per heavy atom. The molecule has 15 nitrogen and oxygen atoms in total. The van der Waals surface area contributed by atoms with Gasteiger partial charge in [0.2, 0.25) is 0 Å². The summed E-state index contributed by atoms with van der Waals surface area (Å²) in [4.78, 5) is 76.3. The minimum atomic E-state index is -0.928. The molecular weight excluding hydrogens is 1360 g/mol. The van der Waals surface area contributed by atoms with E-state index >= 15 is 0 Å². The van der Waals surface area contributed by atoms with Crippen molar-refractivity contribution >= 4 is 54.0 Å². The number of hydrogen-bond acceptors (Lipinski definition) is 15. The van der Waals surface area contributed by atoms with E-state index in [2.05, 4.69) is 57.2 Å². The normalized spacial score (nSPS) is 11.3. The number of ether oxygens (including phenoxy) is 9. The first-order chi connectivity index (χ1) is 53.0. The first kappa shape index (κ1) is 87.7. The maximum Gasteiger partial charge on any atom is 0.330 e. The molecule has 0 aliphatic carbocycles. The van der Waals surface area contributed by atoms with Crippen molar-refractivity contribution in [1.82, 2.24) is 0 Å². The predicted octanol–water partition coefficient (Wildman–Crippen LogP) is 22.8. The van der Waals surface area contributed by atoms with Gasteiger partial charge in [0, 0.05) is 37.5 Å². The summed E-state index contributed by atoms with van der Waals surface area (Å²) in [7, 11) is 0. The van der Waals surface area contributed by atoms with Crippen LogP contribution in [0, 0.1) is 0 Å². The number of benzene rings is 6. The van der Waals surface area contributed by atoms with Crippen molar-refractivity contribution in [3.8, 4) is 50.6 Å². The van der Waals surface area contributed by atoms with Gasteiger partial charge < -0.3 is 42.6 Å². The van der Waals surface area contributed by atoms with Gasteiger partial charge in [0.05, 0.1) is 39.6 Å². The largest absolute Gasteiger partial charge is 0.494 e. The third kappa shape index (κ3) is 40.1. The van der Waals surface area contributed by atoms with E-state index in [-0.39, 0.29) is 50.4 Å². The van der Waals surface area contributed by atoms with Gasteiger partial charge in [-0.25, -0.2) is 14.4 Å². The maximum absolute atomic E-state index is 13.1. The van der Waals surface area contributed by atoms with E-state index < -0.39 is 24.0 Å². The zero-order valence-electron chi connectivity index (χ0n) is 65.0. The van der Waals surface area contributed by atoms with E-state index in [1.807, 2.05) is 109 Å². The molecule has 0 radical (unpaired) electrons. The van der Waals surface area contributed by atoms with E-state index in [9.17, 15) is 28.8 Å². The number of unbranched alkanes of at least 4 members (excludes halogenated alkanes) is 24. The van der Waals surface area contributed by atoms with Gasteiger partial charge >= 0.3 is 35.8 Å². The molecule has 0 aliphatic rings. The minimum absolute atomic E-state index is 0.187. The van der Waals surface area contributed by atoms with Gasteiger partial charge in [-0.15, -0.1) is 0 Å². The molecule has 0 atom stereocenters. The summed E-state index contributed by atoms with van der Waals surface area (Å²) in [6, 6.07) is 48.5. The number of hydrogen-bond donors (Lipinski definition) is 0. The Morgan fingerprint density at radius 1 is 0.259 bits per heavy atom. The van der Waals surface area contributed by atoms with E-state index in [0.717, 1.165) is 261 Å². The SMILES string of the molecule is CCCCCOc1ccc(-c2ccc(/C=C/C(=O)OCCCCCCCCCC(=O)OCC(COC(=O)CCCCCCCCCOC(=O)/C=C/c3ccc(-c4ccc(OCCCCC)cc4)cc3)OC(=O)CCCCCCCCCOC(=O)/C=C/c3ccc(-c4ccc(OCCCCC)cc4)cc3)cc2)cc1. The molecule has 0 saturated heterocycles. The molecule has 0 amide bonds. The summed E-state index contributed by atoms with van der Waals surface area (Å²) in [5, 5.41) is 0. The Kier molecular flexibility index (Phi) is 45.5. The lowest BCUT2D eigenvalue weighted by molar-refractivity contribution is -0.167. The highest BCUT2D eigenvalue weighted by atomic mass is 16.6. The third-order valence-corrected chi connectivity index (χ3v) is 18.5. The van der Waals surface area contributed by atoms with Crippen LogP contribution in [0.5, 0.6) is 17.2 Å². The third-order valence-electron chi connectivity index (χ3n) is 18.5. The van der Waals surface area contributed by atoms with Crippen LogP contribution in [-0.4, -0.2) is 94.8 Å². The van der Waals surface area contributed by atoms with Crippen LogP contribution >= 0.6 is 0 Å². The Bertz CT molecular complexity index is 3360. The van der Waals surface area contributed by atoms with Crippen molar-refractivity contribution in [3.63, 3.8) is 0 Å². The van der Waals surface area contributed by atoms with E-state index in [1.54, 1.807) is 18.2 Å². The molecule has 0 spiro atoms. The molecule has 108 heavy (non-hydrogen) atoms. The number of esters is 6. The molecule has 0 saturated carbocycles. The Balaban J connectivity index is 0.802. The first-order valence-electron chi connectivity index (χ1n) is 40.5. The lowest BCUT2D eigenvalue weighted by Gasteiger charge is -2.18. The lowest BCUT2D eigenvalue weighted by atomic mass is 10.0. The zero-order valence-corrected chi connectivity index (χ0v) is 65.0. The fourth-order valence-electron chi connectivity index (χ4n) is 12.0. The van der Waals surface area contributed by atoms with Crippen LogP contribution in [0.15, 0.2) is 164 Å². The second-order valence-corrected chi connectivity index (χ2v) is 27.8. The summed E-state index contributed by atoms with van der Waals surface area (Å²) < 4.78 is 50.8. The summed E-state index contributed by atoms with van der Waals surface area (Å²) in [6.45, 7) is 9.37. The van der Waals surface area contributed by atoms with Crippen LogP contribution in [0.3, 0.4) is 0 Å². The quantitative estimate of drug-likeness (QED) is 0.0152. The monoisotopic (exact) mass is 1480 g/mol. The Labute approximate surface area is 644 Å². The molecule has 6 aromatic carbocycles. The van der Waals surface area contributed by atoms with Gasteiger partial charge in [-0.2, -0.15) is 0 Å². The van der Waals surface area contributed by atoms with Crippen molar-refractivity contribution in [2.75, 3.05) is 52.9 Å². The van der Waals surface area contributed by atoms with Crippen molar-refractivity contribution < 1.29 is 71.4 Å². The average Bonchev–Trinajstić information content (AvgIpc) is 0.869. The topological polar surface area (TPSA) is 185 Å². The molecule has 0 heterocycles. The van der Waals surface area contributed by atoms with Crippen LogP contribution < -0.4 is 14.2 Å². The average molecular weight is 1480 g/mol. The van der Waals surface area contributed by atoms with Gasteiger partial charge in [0.25, 0.3) is 0 Å². The summed E-state index contributed by atoms with van der Waals surface area (Å²) >= 11 is 0. The maximum atomic E-state index is 13.1. The Hall–Kier alpha value is -9.24.